The van der Waals surface area contributed by atoms with Crippen LogP contribution in [0.2, 0.25) is 0 Å². The molecule has 0 aliphatic carbocycles. The van der Waals surface area contributed by atoms with Crippen LogP contribution in [-0.2, 0) is 4.79 Å². The maximum atomic E-state index is 12.0. The Hall–Kier alpha value is -0.000000000000000222. The summed E-state index contributed by atoms with van der Waals surface area (Å²) in [6.45, 7) is 0.681. The van der Waals surface area contributed by atoms with Gasteiger partial charge in [0.15, 0.2) is 4.33 Å². The van der Waals surface area contributed by atoms with Crippen molar-refractivity contribution in [3.05, 3.63) is 27.8 Å². The molecule has 5 heteroatoms. The normalized spacial score (nSPS) is 19.9. The lowest BCUT2D eigenvalue weighted by atomic mass is 10.1. The van der Waals surface area contributed by atoms with Crippen LogP contribution >= 0.6 is 45.8 Å². The monoisotopic (exact) mass is 369 g/mol. The van der Waals surface area contributed by atoms with Gasteiger partial charge in [0.05, 0.1) is 0 Å². The third-order valence-corrected chi connectivity index (χ3v) is 3.92. The maximum Gasteiger partial charge on any atom is 0.263 e. The highest BCUT2D eigenvalue weighted by atomic mass is 127. The van der Waals surface area contributed by atoms with Crippen LogP contribution in [0.5, 0.6) is 0 Å². The van der Waals surface area contributed by atoms with Crippen LogP contribution in [0.15, 0.2) is 24.3 Å². The highest BCUT2D eigenvalue weighted by Crippen LogP contribution is 2.35. The minimum atomic E-state index is -1.26. The van der Waals surface area contributed by atoms with Crippen molar-refractivity contribution >= 4 is 57.4 Å². The van der Waals surface area contributed by atoms with Crippen LogP contribution in [0, 0.1) is 3.57 Å². The van der Waals surface area contributed by atoms with Crippen LogP contribution in [0.25, 0.3) is 0 Å². The molecule has 86 valence electrons. The average molecular weight is 370 g/mol. The predicted octanol–water partition coefficient (Wildman–Crippen LogP) is 3.59. The van der Waals surface area contributed by atoms with Crippen molar-refractivity contribution in [1.29, 1.82) is 0 Å². The summed E-state index contributed by atoms with van der Waals surface area (Å²) in [7, 11) is 0. The van der Waals surface area contributed by atoms with Crippen molar-refractivity contribution in [3.63, 3.8) is 0 Å². The van der Waals surface area contributed by atoms with Gasteiger partial charge >= 0.3 is 0 Å². The highest BCUT2D eigenvalue weighted by molar-refractivity contribution is 14.1. The van der Waals surface area contributed by atoms with Gasteiger partial charge in [-0.1, -0.05) is 29.3 Å². The number of carbonyl (C=O) groups is 1. The Morgan fingerprint density at radius 1 is 1.38 bits per heavy atom. The van der Waals surface area contributed by atoms with Gasteiger partial charge in [0, 0.05) is 15.8 Å². The minimum Gasteiger partial charge on any atom is -0.310 e. The summed E-state index contributed by atoms with van der Waals surface area (Å²) in [4.78, 5) is 13.7. The Balaban J connectivity index is 2.31. The molecule has 0 unspecified atom stereocenters. The second kappa shape index (κ2) is 4.70. The first-order valence-corrected chi connectivity index (χ1v) is 6.79. The largest absolute Gasteiger partial charge is 0.310 e. The summed E-state index contributed by atoms with van der Waals surface area (Å²) in [5.74, 6) is -0.218. The van der Waals surface area contributed by atoms with Crippen LogP contribution < -0.4 is 4.90 Å². The van der Waals surface area contributed by atoms with E-state index in [0.29, 0.717) is 13.0 Å². The summed E-state index contributed by atoms with van der Waals surface area (Å²) >= 11 is 14.2. The molecule has 0 N–H and O–H groups in total. The Morgan fingerprint density at radius 2 is 2.12 bits per heavy atom. The number of carbonyl (C=O) groups excluding carboxylic acids is 1. The lowest BCUT2D eigenvalue weighted by Crippen LogP contribution is -2.47. The van der Waals surface area contributed by atoms with E-state index in [0.717, 1.165) is 15.7 Å². The summed E-state index contributed by atoms with van der Waals surface area (Å²) < 4.78 is -0.178. The molecule has 1 aliphatic heterocycles. The molecule has 0 spiro atoms. The first kappa shape index (κ1) is 12.5. The molecule has 0 atom stereocenters. The van der Waals surface area contributed by atoms with Crippen molar-refractivity contribution in [1.82, 2.24) is 0 Å². The predicted molar refractivity (Wildman–Crippen MR) is 75.2 cm³/mol. The van der Waals surface area contributed by atoms with Gasteiger partial charge in [-0.15, -0.1) is 0 Å². The first-order valence-electron chi connectivity index (χ1n) is 4.96. The number of hydrogen-bond donors (Lipinski definition) is 0. The van der Waals surface area contributed by atoms with E-state index in [1.165, 1.54) is 0 Å². The molecule has 1 saturated heterocycles. The Morgan fingerprint density at radius 3 is 2.81 bits per heavy atom. The molecule has 2 rings (SSSR count). The molecule has 0 aromatic heterocycles. The summed E-state index contributed by atoms with van der Waals surface area (Å²) in [6.07, 6.45) is 1.35. The Bertz CT molecular complexity index is 422. The van der Waals surface area contributed by atoms with Gasteiger partial charge in [0.2, 0.25) is 0 Å². The van der Waals surface area contributed by atoms with E-state index in [1.807, 2.05) is 24.3 Å². The second-order valence-electron chi connectivity index (χ2n) is 3.74. The molecule has 1 fully saturated rings. The van der Waals surface area contributed by atoms with Crippen LogP contribution in [0.4, 0.5) is 5.69 Å². The summed E-state index contributed by atoms with van der Waals surface area (Å²) in [5.41, 5.74) is 0.863. The number of piperidine rings is 1. The number of hydrogen-bond acceptors (Lipinski definition) is 1. The molecule has 1 aliphatic rings. The number of amides is 1. The molecule has 0 saturated carbocycles. The zero-order chi connectivity index (χ0) is 11.8. The Kier molecular flexibility index (Phi) is 3.66. The topological polar surface area (TPSA) is 20.3 Å². The standard InChI is InChI=1S/C11H10Cl2INO/c12-11(13)5-2-6-15(10(11)16)9-4-1-3-8(14)7-9/h1,3-4,7H,2,5-6H2. The van der Waals surface area contributed by atoms with E-state index >= 15 is 0 Å². The third-order valence-electron chi connectivity index (χ3n) is 2.55. The molecular weight excluding hydrogens is 360 g/mol. The van der Waals surface area contributed by atoms with Crippen molar-refractivity contribution in [2.24, 2.45) is 0 Å². The molecule has 1 amide bonds. The van der Waals surface area contributed by atoms with Gasteiger partial charge in [-0.25, -0.2) is 0 Å². The quantitative estimate of drug-likeness (QED) is 0.547. The van der Waals surface area contributed by atoms with Crippen LogP contribution in [0.3, 0.4) is 0 Å². The van der Waals surface area contributed by atoms with E-state index in [-0.39, 0.29) is 5.91 Å². The van der Waals surface area contributed by atoms with Gasteiger partial charge in [0.1, 0.15) is 0 Å². The fourth-order valence-electron chi connectivity index (χ4n) is 1.76. The average Bonchev–Trinajstić information content (AvgIpc) is 2.22. The van der Waals surface area contributed by atoms with Gasteiger partial charge in [-0.2, -0.15) is 0 Å². The first-order chi connectivity index (χ1) is 7.50. The summed E-state index contributed by atoms with van der Waals surface area (Å²) in [6, 6.07) is 7.75. The number of benzene rings is 1. The smallest absolute Gasteiger partial charge is 0.263 e. The van der Waals surface area contributed by atoms with Gasteiger partial charge in [-0.05, 0) is 53.6 Å². The maximum absolute atomic E-state index is 12.0. The SMILES string of the molecule is O=C1N(c2cccc(I)c2)CCCC1(Cl)Cl. The number of anilines is 1. The van der Waals surface area contributed by atoms with E-state index in [9.17, 15) is 4.79 Å². The minimum absolute atomic E-state index is 0.218. The molecule has 0 bridgehead atoms. The molecule has 16 heavy (non-hydrogen) atoms. The summed E-state index contributed by atoms with van der Waals surface area (Å²) in [5, 5.41) is 0. The van der Waals surface area contributed by atoms with Gasteiger partial charge < -0.3 is 4.90 Å². The van der Waals surface area contributed by atoms with E-state index in [1.54, 1.807) is 4.90 Å². The van der Waals surface area contributed by atoms with Gasteiger partial charge in [-0.3, -0.25) is 4.79 Å². The fourth-order valence-corrected chi connectivity index (χ4v) is 2.75. The molecular formula is C11H10Cl2INO. The van der Waals surface area contributed by atoms with Crippen LogP contribution in [-0.4, -0.2) is 16.8 Å². The van der Waals surface area contributed by atoms with E-state index in [4.69, 9.17) is 23.2 Å². The third kappa shape index (κ3) is 2.46. The fraction of sp³-hybridized carbons (Fsp3) is 0.364. The van der Waals surface area contributed by atoms with Crippen molar-refractivity contribution in [3.8, 4) is 0 Å². The van der Waals surface area contributed by atoms with Crippen molar-refractivity contribution < 1.29 is 4.79 Å². The van der Waals surface area contributed by atoms with Crippen molar-refractivity contribution in [2.45, 2.75) is 17.2 Å². The zero-order valence-corrected chi connectivity index (χ0v) is 12.1. The number of nitrogens with zero attached hydrogens (tertiary/aromatic N) is 1. The molecule has 1 aromatic rings. The lowest BCUT2D eigenvalue weighted by Gasteiger charge is -2.34. The number of halogens is 3. The Labute approximate surface area is 118 Å². The lowest BCUT2D eigenvalue weighted by molar-refractivity contribution is -0.120. The van der Waals surface area contributed by atoms with Crippen molar-refractivity contribution in [2.75, 3.05) is 11.4 Å². The number of rotatable bonds is 1. The molecule has 1 heterocycles. The number of alkyl halides is 2. The zero-order valence-electron chi connectivity index (χ0n) is 8.42. The van der Waals surface area contributed by atoms with Gasteiger partial charge in [0.25, 0.3) is 5.91 Å². The molecule has 0 radical (unpaired) electrons. The van der Waals surface area contributed by atoms with E-state index < -0.39 is 4.33 Å². The van der Waals surface area contributed by atoms with Crippen LogP contribution in [0.1, 0.15) is 12.8 Å². The van der Waals surface area contributed by atoms with E-state index in [2.05, 4.69) is 22.6 Å². The second-order valence-corrected chi connectivity index (χ2v) is 6.47. The highest BCUT2D eigenvalue weighted by Gasteiger charge is 2.41. The molecule has 1 aromatic carbocycles. The molecule has 2 nitrogen and oxygen atoms in total.